The third kappa shape index (κ3) is 6.82. The van der Waals surface area contributed by atoms with E-state index in [0.29, 0.717) is 53.4 Å². The predicted octanol–water partition coefficient (Wildman–Crippen LogP) is 4.91. The standard InChI is InChI=1S/C34H63N3O3/c1-23(8-11-30(39)24(2)22-38)27-9-10-28-32-29(13-15-34(27,28)4)33(3)14-12-26(20-25(33)21-31(32)40)37-19-7-18-36-17-6-5-16-35/h23-29,31-32,36-38,40H,5-22,35H2,1-4H3. The van der Waals surface area contributed by atoms with Crippen LogP contribution in [0.4, 0.5) is 0 Å². The highest BCUT2D eigenvalue weighted by molar-refractivity contribution is 5.80. The molecule has 0 spiro atoms. The summed E-state index contributed by atoms with van der Waals surface area (Å²) in [7, 11) is 0. The molecule has 0 radical (unpaired) electrons. The van der Waals surface area contributed by atoms with Gasteiger partial charge in [0.05, 0.1) is 12.7 Å². The third-order valence-electron chi connectivity index (χ3n) is 12.9. The maximum atomic E-state index is 12.4. The lowest BCUT2D eigenvalue weighted by atomic mass is 9.43. The van der Waals surface area contributed by atoms with Crippen LogP contribution >= 0.6 is 0 Å². The van der Waals surface area contributed by atoms with E-state index in [1.165, 1.54) is 57.8 Å². The Morgan fingerprint density at radius 1 is 0.950 bits per heavy atom. The van der Waals surface area contributed by atoms with Gasteiger partial charge in [-0.2, -0.15) is 0 Å². The number of nitrogens with one attached hydrogen (secondary N) is 2. The molecule has 40 heavy (non-hydrogen) atoms. The minimum Gasteiger partial charge on any atom is -0.396 e. The molecule has 4 rings (SSSR count). The molecule has 6 heteroatoms. The lowest BCUT2D eigenvalue weighted by Gasteiger charge is -2.62. The van der Waals surface area contributed by atoms with Crippen molar-refractivity contribution in [3.8, 4) is 0 Å². The average Bonchev–Trinajstić information content (AvgIpc) is 3.30. The fraction of sp³-hybridized carbons (Fsp3) is 0.971. The number of hydrogen-bond acceptors (Lipinski definition) is 6. The summed E-state index contributed by atoms with van der Waals surface area (Å²) in [4.78, 5) is 12.4. The summed E-state index contributed by atoms with van der Waals surface area (Å²) in [6.07, 6.45) is 14.6. The Labute approximate surface area is 245 Å². The normalized spacial score (nSPS) is 40.6. The van der Waals surface area contributed by atoms with Crippen molar-refractivity contribution in [2.24, 2.45) is 58.0 Å². The topological polar surface area (TPSA) is 108 Å². The molecular weight excluding hydrogens is 498 g/mol. The first-order valence-corrected chi connectivity index (χ1v) is 17.1. The lowest BCUT2D eigenvalue weighted by molar-refractivity contribution is -0.167. The summed E-state index contributed by atoms with van der Waals surface area (Å²) in [5.74, 6) is 3.48. The van der Waals surface area contributed by atoms with Crippen LogP contribution in [0, 0.1) is 52.3 Å². The zero-order valence-electron chi connectivity index (χ0n) is 26.3. The van der Waals surface area contributed by atoms with Gasteiger partial charge in [0, 0.05) is 18.4 Å². The Kier molecular flexibility index (Phi) is 11.6. The molecule has 11 atom stereocenters. The van der Waals surface area contributed by atoms with Crippen molar-refractivity contribution in [3.63, 3.8) is 0 Å². The fourth-order valence-corrected chi connectivity index (χ4v) is 10.3. The summed E-state index contributed by atoms with van der Waals surface area (Å²) in [5, 5.41) is 28.5. The molecule has 0 aromatic rings. The van der Waals surface area contributed by atoms with Crippen LogP contribution < -0.4 is 16.4 Å². The van der Waals surface area contributed by atoms with E-state index in [2.05, 4.69) is 31.4 Å². The van der Waals surface area contributed by atoms with Crippen LogP contribution in [0.3, 0.4) is 0 Å². The number of rotatable bonds is 15. The molecule has 0 heterocycles. The maximum absolute atomic E-state index is 12.4. The molecule has 0 aromatic heterocycles. The highest BCUT2D eigenvalue weighted by atomic mass is 16.3. The second-order valence-corrected chi connectivity index (χ2v) is 15.1. The van der Waals surface area contributed by atoms with Gasteiger partial charge in [0.1, 0.15) is 5.78 Å². The SMILES string of the molecule is CC(CO)C(=O)CCC(C)C1CCC2C3C(O)CC4CC(NCCCNCCCCN)CCC4(C)C3CCC12C. The Balaban J connectivity index is 1.30. The van der Waals surface area contributed by atoms with Crippen molar-refractivity contribution in [3.05, 3.63) is 0 Å². The van der Waals surface area contributed by atoms with Crippen molar-refractivity contribution in [1.29, 1.82) is 0 Å². The number of unbranched alkanes of at least 4 members (excludes halogenated alkanes) is 1. The molecule has 6 nitrogen and oxygen atoms in total. The fourth-order valence-electron chi connectivity index (χ4n) is 10.3. The zero-order chi connectivity index (χ0) is 28.9. The first kappa shape index (κ1) is 32.4. The van der Waals surface area contributed by atoms with Gasteiger partial charge >= 0.3 is 0 Å². The Hall–Kier alpha value is -0.530. The predicted molar refractivity (Wildman–Crippen MR) is 164 cm³/mol. The molecule has 0 amide bonds. The Morgan fingerprint density at radius 3 is 2.42 bits per heavy atom. The molecule has 6 N–H and O–H groups in total. The molecule has 4 aliphatic carbocycles. The second-order valence-electron chi connectivity index (χ2n) is 15.1. The van der Waals surface area contributed by atoms with Crippen LogP contribution in [-0.2, 0) is 4.79 Å². The summed E-state index contributed by atoms with van der Waals surface area (Å²) < 4.78 is 0. The molecule has 0 aromatic carbocycles. The number of Topliss-reactive ketones (excluding diaryl/α,β-unsaturated/α-hetero) is 1. The molecule has 0 aliphatic heterocycles. The number of aliphatic hydroxyl groups excluding tert-OH is 2. The number of nitrogens with two attached hydrogens (primary N) is 1. The van der Waals surface area contributed by atoms with Gasteiger partial charge in [0.25, 0.3) is 0 Å². The molecule has 4 saturated carbocycles. The summed E-state index contributed by atoms with van der Waals surface area (Å²) in [5.41, 5.74) is 6.23. The van der Waals surface area contributed by atoms with Gasteiger partial charge in [-0.15, -0.1) is 0 Å². The van der Waals surface area contributed by atoms with Crippen LogP contribution in [0.25, 0.3) is 0 Å². The van der Waals surface area contributed by atoms with Crippen molar-refractivity contribution < 1.29 is 15.0 Å². The molecule has 11 unspecified atom stereocenters. The van der Waals surface area contributed by atoms with Crippen LogP contribution in [0.1, 0.15) is 111 Å². The van der Waals surface area contributed by atoms with Gasteiger partial charge in [-0.05, 0) is 150 Å². The van der Waals surface area contributed by atoms with E-state index >= 15 is 0 Å². The van der Waals surface area contributed by atoms with Crippen LogP contribution in [-0.4, -0.2) is 60.9 Å². The highest BCUT2D eigenvalue weighted by Gasteiger charge is 2.62. The van der Waals surface area contributed by atoms with Crippen molar-refractivity contribution >= 4 is 5.78 Å². The van der Waals surface area contributed by atoms with Gasteiger partial charge in [0.15, 0.2) is 0 Å². The average molecular weight is 562 g/mol. The van der Waals surface area contributed by atoms with Crippen LogP contribution in [0.2, 0.25) is 0 Å². The Morgan fingerprint density at radius 2 is 1.68 bits per heavy atom. The molecule has 232 valence electrons. The first-order valence-electron chi connectivity index (χ1n) is 17.1. The van der Waals surface area contributed by atoms with E-state index < -0.39 is 0 Å². The van der Waals surface area contributed by atoms with Gasteiger partial charge in [-0.1, -0.05) is 27.7 Å². The number of carbonyl (C=O) groups excluding carboxylic acids is 1. The minimum absolute atomic E-state index is 0.0403. The molecule has 4 aliphatic rings. The van der Waals surface area contributed by atoms with Crippen molar-refractivity contribution in [1.82, 2.24) is 10.6 Å². The van der Waals surface area contributed by atoms with E-state index in [4.69, 9.17) is 5.73 Å². The number of ketones is 1. The minimum atomic E-state index is -0.237. The second kappa shape index (κ2) is 14.3. The van der Waals surface area contributed by atoms with Crippen molar-refractivity contribution in [2.45, 2.75) is 123 Å². The lowest BCUT2D eigenvalue weighted by Crippen LogP contribution is -2.59. The summed E-state index contributed by atoms with van der Waals surface area (Å²) in [6.45, 7) is 13.3. The number of aliphatic hydroxyl groups is 2. The number of fused-ring (bicyclic) bond motifs is 5. The maximum Gasteiger partial charge on any atom is 0.137 e. The monoisotopic (exact) mass is 561 g/mol. The highest BCUT2D eigenvalue weighted by Crippen LogP contribution is 2.68. The molecular formula is C34H63N3O3. The first-order chi connectivity index (χ1) is 19.2. The molecule has 0 saturated heterocycles. The van der Waals surface area contributed by atoms with E-state index in [9.17, 15) is 15.0 Å². The number of hydrogen-bond donors (Lipinski definition) is 5. The van der Waals surface area contributed by atoms with Crippen LogP contribution in [0.15, 0.2) is 0 Å². The van der Waals surface area contributed by atoms with Gasteiger partial charge < -0.3 is 26.6 Å². The third-order valence-corrected chi connectivity index (χ3v) is 12.9. The zero-order valence-corrected chi connectivity index (χ0v) is 26.3. The van der Waals surface area contributed by atoms with Gasteiger partial charge in [-0.25, -0.2) is 0 Å². The van der Waals surface area contributed by atoms with E-state index in [0.717, 1.165) is 45.4 Å². The summed E-state index contributed by atoms with van der Waals surface area (Å²) >= 11 is 0. The molecule has 4 fully saturated rings. The number of carbonyl (C=O) groups is 1. The van der Waals surface area contributed by atoms with Crippen LogP contribution in [0.5, 0.6) is 0 Å². The molecule has 0 bridgehead atoms. The largest absolute Gasteiger partial charge is 0.396 e. The van der Waals surface area contributed by atoms with Crippen molar-refractivity contribution in [2.75, 3.05) is 32.8 Å². The summed E-state index contributed by atoms with van der Waals surface area (Å²) in [6, 6.07) is 0.598. The van der Waals surface area contributed by atoms with E-state index in [1.807, 2.05) is 6.92 Å². The quantitative estimate of drug-likeness (QED) is 0.182. The Bertz CT molecular complexity index is 809. The van der Waals surface area contributed by atoms with Gasteiger partial charge in [-0.3, -0.25) is 4.79 Å². The smallest absolute Gasteiger partial charge is 0.137 e. The van der Waals surface area contributed by atoms with Gasteiger partial charge in [0.2, 0.25) is 0 Å². The van der Waals surface area contributed by atoms with E-state index in [-0.39, 0.29) is 29.8 Å². The van der Waals surface area contributed by atoms with E-state index in [1.54, 1.807) is 0 Å².